The van der Waals surface area contributed by atoms with Crippen molar-refractivity contribution in [3.05, 3.63) is 59.4 Å². The maximum absolute atomic E-state index is 13.1. The van der Waals surface area contributed by atoms with Gasteiger partial charge in [0.2, 0.25) is 0 Å². The van der Waals surface area contributed by atoms with E-state index in [2.05, 4.69) is 18.8 Å². The van der Waals surface area contributed by atoms with Gasteiger partial charge in [-0.05, 0) is 67.6 Å². The van der Waals surface area contributed by atoms with Crippen LogP contribution in [0.3, 0.4) is 0 Å². The molecule has 7 nitrogen and oxygen atoms in total. The first-order chi connectivity index (χ1) is 15.2. The zero-order valence-corrected chi connectivity index (χ0v) is 19.0. The molecule has 0 spiro atoms. The summed E-state index contributed by atoms with van der Waals surface area (Å²) in [4.78, 5) is 41.9. The van der Waals surface area contributed by atoms with Gasteiger partial charge in [-0.2, -0.15) is 13.2 Å². The fourth-order valence-corrected chi connectivity index (χ4v) is 3.45. The summed E-state index contributed by atoms with van der Waals surface area (Å²) in [5, 5.41) is 7.12. The zero-order valence-electron chi connectivity index (χ0n) is 19.0. The third-order valence-corrected chi connectivity index (χ3v) is 5.29. The van der Waals surface area contributed by atoms with E-state index in [1.54, 1.807) is 31.1 Å². The summed E-state index contributed by atoms with van der Waals surface area (Å²) < 4.78 is 31.7. The average Bonchev–Trinajstić information content (AvgIpc) is 2.87. The number of aliphatic carboxylic acids is 1. The summed E-state index contributed by atoms with van der Waals surface area (Å²) in [6, 6.07) is 9.24. The maximum atomic E-state index is 13.1. The van der Waals surface area contributed by atoms with Crippen LogP contribution in [0.5, 0.6) is 0 Å². The van der Waals surface area contributed by atoms with E-state index in [0.29, 0.717) is 18.2 Å². The van der Waals surface area contributed by atoms with Gasteiger partial charge in [0.1, 0.15) is 5.54 Å². The molecule has 1 fully saturated rings. The minimum Gasteiger partial charge on any atom is -0.475 e. The van der Waals surface area contributed by atoms with Crippen molar-refractivity contribution in [2.24, 2.45) is 0 Å². The van der Waals surface area contributed by atoms with Crippen LogP contribution >= 0.6 is 0 Å². The van der Waals surface area contributed by atoms with Crippen LogP contribution in [0.1, 0.15) is 50.3 Å². The molecule has 1 saturated heterocycles. The number of hydrogen-bond acceptors (Lipinski definition) is 4. The first kappa shape index (κ1) is 25.8. The smallest absolute Gasteiger partial charge is 0.475 e. The molecule has 1 aliphatic heterocycles. The van der Waals surface area contributed by atoms with Crippen LogP contribution in [0.4, 0.5) is 23.7 Å². The normalized spacial score (nSPS) is 15.5. The first-order valence-corrected chi connectivity index (χ1v) is 10.1. The van der Waals surface area contributed by atoms with Crippen LogP contribution in [-0.4, -0.2) is 44.6 Å². The number of benzene rings is 1. The summed E-state index contributed by atoms with van der Waals surface area (Å²) in [7, 11) is 0. The molecule has 0 aliphatic carbocycles. The van der Waals surface area contributed by atoms with Gasteiger partial charge in [-0.15, -0.1) is 0 Å². The van der Waals surface area contributed by atoms with Crippen molar-refractivity contribution in [3.8, 4) is 0 Å². The lowest BCUT2D eigenvalue weighted by Gasteiger charge is -2.27. The van der Waals surface area contributed by atoms with E-state index < -0.39 is 17.7 Å². The number of hydrogen-bond donors (Lipinski definition) is 1. The summed E-state index contributed by atoms with van der Waals surface area (Å²) in [6.45, 7) is 10.2. The number of anilines is 1. The fourth-order valence-electron chi connectivity index (χ4n) is 3.45. The quantitative estimate of drug-likeness (QED) is 0.649. The molecule has 0 atom stereocenters. The molecule has 0 radical (unpaired) electrons. The van der Waals surface area contributed by atoms with E-state index >= 15 is 0 Å². The molecular weight excluding hydrogens is 439 g/mol. The van der Waals surface area contributed by atoms with Gasteiger partial charge >= 0.3 is 18.2 Å². The molecule has 1 N–H and O–H groups in total. The molecule has 0 bridgehead atoms. The molecule has 3 amide bonds. The third-order valence-electron chi connectivity index (χ3n) is 5.29. The lowest BCUT2D eigenvalue weighted by Crippen LogP contribution is -2.43. The Morgan fingerprint density at radius 3 is 2.12 bits per heavy atom. The number of carbonyl (C=O) groups is 3. The van der Waals surface area contributed by atoms with Crippen molar-refractivity contribution in [1.29, 1.82) is 0 Å². The molecule has 2 heterocycles. The molecule has 0 saturated carbocycles. The molecule has 178 valence electrons. The van der Waals surface area contributed by atoms with Crippen LogP contribution in [0.25, 0.3) is 0 Å². The summed E-state index contributed by atoms with van der Waals surface area (Å²) >= 11 is 0. The number of carboxylic acid groups (broad SMARTS) is 1. The lowest BCUT2D eigenvalue weighted by molar-refractivity contribution is -0.192. The number of imide groups is 1. The van der Waals surface area contributed by atoms with Gasteiger partial charge in [-0.3, -0.25) is 9.78 Å². The van der Waals surface area contributed by atoms with Gasteiger partial charge in [0.05, 0.1) is 5.69 Å². The van der Waals surface area contributed by atoms with Crippen LogP contribution in [0.2, 0.25) is 0 Å². The second-order valence-electron chi connectivity index (χ2n) is 8.42. The molecular formula is C23H26F3N3O4. The highest BCUT2D eigenvalue weighted by Crippen LogP contribution is 2.34. The Hall–Kier alpha value is -3.43. The Balaban J connectivity index is 0.000000479. The highest BCUT2D eigenvalue weighted by molar-refractivity contribution is 6.23. The number of pyridine rings is 1. The highest BCUT2D eigenvalue weighted by Gasteiger charge is 2.51. The number of amides is 3. The molecule has 1 aliphatic rings. The van der Waals surface area contributed by atoms with E-state index in [9.17, 15) is 22.8 Å². The highest BCUT2D eigenvalue weighted by atomic mass is 19.4. The van der Waals surface area contributed by atoms with Crippen molar-refractivity contribution in [1.82, 2.24) is 9.88 Å². The predicted molar refractivity (Wildman–Crippen MR) is 116 cm³/mol. The Morgan fingerprint density at radius 1 is 1.12 bits per heavy atom. The summed E-state index contributed by atoms with van der Waals surface area (Å²) in [5.41, 5.74) is 2.99. The first-order valence-electron chi connectivity index (χ1n) is 10.1. The van der Waals surface area contributed by atoms with Crippen molar-refractivity contribution >= 4 is 23.6 Å². The number of carbonyl (C=O) groups excluding carboxylic acids is 2. The topological polar surface area (TPSA) is 90.8 Å². The van der Waals surface area contributed by atoms with Gasteiger partial charge in [0, 0.05) is 18.9 Å². The molecule has 33 heavy (non-hydrogen) atoms. The number of carboxylic acids is 1. The van der Waals surface area contributed by atoms with Gasteiger partial charge in [0.25, 0.3) is 5.91 Å². The molecule has 0 unspecified atom stereocenters. The summed E-state index contributed by atoms with van der Waals surface area (Å²) in [5.74, 6) is -2.56. The zero-order chi connectivity index (χ0) is 25.1. The minimum atomic E-state index is -5.08. The Labute approximate surface area is 189 Å². The number of aromatic nitrogens is 1. The molecule has 2 aromatic rings. The van der Waals surface area contributed by atoms with Gasteiger partial charge in [-0.25, -0.2) is 14.5 Å². The largest absolute Gasteiger partial charge is 0.490 e. The van der Waals surface area contributed by atoms with Crippen molar-refractivity contribution in [2.75, 3.05) is 4.90 Å². The van der Waals surface area contributed by atoms with E-state index in [4.69, 9.17) is 9.90 Å². The third kappa shape index (κ3) is 5.68. The van der Waals surface area contributed by atoms with E-state index in [1.807, 2.05) is 37.3 Å². The standard InChI is InChI=1S/C21H25N3O2.C2HF3O2/c1-14(2)18-7-6-17(12-15(18)3)24-19(25)21(4,5)23(20(24)26)13-16-8-10-22-11-9-16;3-2(4,5)1(6)7/h6-12,14H,13H2,1-5H3;(H,6,7). The Morgan fingerprint density at radius 2 is 1.67 bits per heavy atom. The van der Waals surface area contributed by atoms with E-state index in [0.717, 1.165) is 11.1 Å². The van der Waals surface area contributed by atoms with Gasteiger partial charge in [-0.1, -0.05) is 19.9 Å². The molecule has 1 aromatic carbocycles. The number of halogens is 3. The van der Waals surface area contributed by atoms with Crippen LogP contribution in [-0.2, 0) is 16.1 Å². The SMILES string of the molecule is Cc1cc(N2C(=O)N(Cc3ccncc3)C(C)(C)C2=O)ccc1C(C)C.O=C(O)C(F)(F)F. The Bertz CT molecular complexity index is 1040. The second-order valence-corrected chi connectivity index (χ2v) is 8.42. The monoisotopic (exact) mass is 465 g/mol. The Kier molecular flexibility index (Phi) is 7.51. The lowest BCUT2D eigenvalue weighted by atomic mass is 9.97. The van der Waals surface area contributed by atoms with Gasteiger partial charge < -0.3 is 10.0 Å². The minimum absolute atomic E-state index is 0.201. The molecule has 3 rings (SSSR count). The van der Waals surface area contributed by atoms with Crippen molar-refractivity contribution in [3.63, 3.8) is 0 Å². The number of alkyl halides is 3. The van der Waals surface area contributed by atoms with Crippen molar-refractivity contribution in [2.45, 2.75) is 58.8 Å². The van der Waals surface area contributed by atoms with E-state index in [-0.39, 0.29) is 11.9 Å². The average molecular weight is 465 g/mol. The fraction of sp³-hybridized carbons (Fsp3) is 0.391. The number of urea groups is 1. The summed E-state index contributed by atoms with van der Waals surface area (Å²) in [6.07, 6.45) is -1.70. The maximum Gasteiger partial charge on any atom is 0.490 e. The second kappa shape index (κ2) is 9.60. The van der Waals surface area contributed by atoms with Crippen LogP contribution in [0.15, 0.2) is 42.7 Å². The van der Waals surface area contributed by atoms with Crippen LogP contribution < -0.4 is 4.90 Å². The number of rotatable bonds is 4. The number of aryl methyl sites for hydroxylation is 1. The van der Waals surface area contributed by atoms with Gasteiger partial charge in [0.15, 0.2) is 0 Å². The molecule has 10 heteroatoms. The number of nitrogens with zero attached hydrogens (tertiary/aromatic N) is 3. The van der Waals surface area contributed by atoms with Crippen molar-refractivity contribution < 1.29 is 32.7 Å². The predicted octanol–water partition coefficient (Wildman–Crippen LogP) is 4.89. The van der Waals surface area contributed by atoms with Crippen LogP contribution in [0, 0.1) is 6.92 Å². The van der Waals surface area contributed by atoms with E-state index in [1.165, 1.54) is 10.5 Å². The molecule has 1 aromatic heterocycles.